The molecule has 0 radical (unpaired) electrons. The van der Waals surface area contributed by atoms with Gasteiger partial charge in [0.1, 0.15) is 241 Å². The van der Waals surface area contributed by atoms with Gasteiger partial charge in [0.15, 0.2) is 50.3 Å². The van der Waals surface area contributed by atoms with Crippen molar-refractivity contribution in [1.82, 2.24) is 0 Å². The minimum absolute atomic E-state index is 0.00735. The lowest BCUT2D eigenvalue weighted by molar-refractivity contribution is -0.359. The van der Waals surface area contributed by atoms with E-state index in [0.717, 1.165) is 0 Å². The largest absolute Gasteiger partial charge is 0.456 e. The van der Waals surface area contributed by atoms with Gasteiger partial charge in [-0.2, -0.15) is 0 Å². The molecule has 8 fully saturated rings. The standard InChI is InChI=1S/C92H128O52S4/c1-29-33-13-35-30(2)37-15-39-32(4)40-16-38-31(3)36-14-34(29)70-81(145-9-5-121-85-65(117)57(109)77(45(21-97)137-85)141-89-61(113)53(105)49(101)41(17-93)133-89)69(33)125-25-127-71(35)82(146-10-6-122-86-66(118)58(110)78(46(22-98)138-86)142-90-62(114)54(106)50(102)42(18-94)134-90)73(37)129-27-131-75(39)84(148-12-8-124-88-68(120)60(112)80(48(24-100)140-88)144-92-64(116)56(108)52(104)44(20-96)136-92)76(40)132-28-130-74(38)83(72(36)128-26-126-70)147-11-7-123-87-67(119)59(111)79(47(23-99)139-87)143-91-63(115)55(107)51(103)43(19-95)135-91/h41-68,77-80,85-120H,5-28H2,1-4H3/t41-,42-,43-,44-,45-,46-,47-,48-,49-,50-,51-,52-,53+,54+,55+,56+,57-,58-,59-,60-,61-,62-,63-,64-,65-,66-,67-,68-,77-,78-,79-,80-,85-,86-,87-,88-,89+,90+,91+,92+/m1/s1. The van der Waals surface area contributed by atoms with Gasteiger partial charge < -0.3 is 257 Å². The van der Waals surface area contributed by atoms with Gasteiger partial charge in [0.25, 0.3) is 0 Å². The Balaban J connectivity index is 0.734. The fourth-order valence-corrected chi connectivity index (χ4v) is 24.4. The van der Waals surface area contributed by atoms with Crippen LogP contribution >= 0.6 is 47.0 Å². The van der Waals surface area contributed by atoms with Crippen molar-refractivity contribution in [1.29, 1.82) is 0 Å². The van der Waals surface area contributed by atoms with Gasteiger partial charge in [0, 0.05) is 93.2 Å². The summed E-state index contributed by atoms with van der Waals surface area (Å²) in [6.07, 6.45) is -70.2. The second-order valence-electron chi connectivity index (χ2n) is 37.5. The van der Waals surface area contributed by atoms with Crippen LogP contribution in [0.25, 0.3) is 0 Å². The Bertz CT molecular complexity index is 4390. The van der Waals surface area contributed by atoms with Gasteiger partial charge in [-0.1, -0.05) is 0 Å². The molecule has 8 saturated heterocycles. The molecule has 12 heterocycles. The molecule has 0 saturated carbocycles. The van der Waals surface area contributed by atoms with E-state index in [1.54, 1.807) is 0 Å². The van der Waals surface area contributed by atoms with Crippen molar-refractivity contribution in [3.05, 3.63) is 66.8 Å². The number of hydrogen-bond acceptors (Lipinski definition) is 56. The van der Waals surface area contributed by atoms with Crippen molar-refractivity contribution >= 4 is 47.0 Å². The highest BCUT2D eigenvalue weighted by Gasteiger charge is 2.58. The van der Waals surface area contributed by atoms with Gasteiger partial charge in [-0.05, 0) is 49.9 Å². The summed E-state index contributed by atoms with van der Waals surface area (Å²) >= 11 is 4.68. The van der Waals surface area contributed by atoms with Crippen molar-refractivity contribution in [2.45, 2.75) is 319 Å². The molecule has 148 heavy (non-hydrogen) atoms. The number of rotatable bonds is 36. The first-order chi connectivity index (χ1) is 71.0. The van der Waals surface area contributed by atoms with Crippen LogP contribution in [0.1, 0.15) is 66.8 Å². The highest BCUT2D eigenvalue weighted by atomic mass is 32.2. The lowest BCUT2D eigenvalue weighted by Gasteiger charge is -2.45. The monoisotopic (exact) mass is 2190 g/mol. The number of ether oxygens (including phenoxy) is 24. The van der Waals surface area contributed by atoms with E-state index in [1.165, 1.54) is 47.0 Å². The molecule has 13 aliphatic rings. The molecule has 28 N–H and O–H groups in total. The number of thioether (sulfide) groups is 4. The topological polar surface area (TPSA) is 788 Å². The maximum atomic E-state index is 11.7. The molecule has 8 bridgehead atoms. The highest BCUT2D eigenvalue weighted by molar-refractivity contribution is 8.00. The van der Waals surface area contributed by atoms with Gasteiger partial charge in [-0.15, -0.1) is 47.0 Å². The van der Waals surface area contributed by atoms with Crippen LogP contribution in [0.3, 0.4) is 0 Å². The van der Waals surface area contributed by atoms with E-state index in [0.29, 0.717) is 86.3 Å². The second-order valence-corrected chi connectivity index (χ2v) is 41.9. The van der Waals surface area contributed by atoms with Crippen LogP contribution in [-0.2, 0) is 101 Å². The Labute approximate surface area is 860 Å². The van der Waals surface area contributed by atoms with E-state index in [2.05, 4.69) is 0 Å². The summed E-state index contributed by atoms with van der Waals surface area (Å²) in [5.41, 5.74) is 7.25. The van der Waals surface area contributed by atoms with Crippen molar-refractivity contribution in [2.24, 2.45) is 0 Å². The molecule has 0 spiro atoms. The van der Waals surface area contributed by atoms with Crippen molar-refractivity contribution in [2.75, 3.05) is 129 Å². The number of aliphatic hydroxyl groups is 28. The average Bonchev–Trinajstić information content (AvgIpc) is 0.722. The molecular formula is C92H128O52S4. The van der Waals surface area contributed by atoms with Crippen LogP contribution in [-0.4, -0.2) is 518 Å². The Morgan fingerprint density at radius 1 is 0.203 bits per heavy atom. The number of benzene rings is 4. The summed E-state index contributed by atoms with van der Waals surface area (Å²) in [5, 5.41) is 304. The molecule has 17 rings (SSSR count). The predicted octanol–water partition coefficient (Wildman–Crippen LogP) is -10.6. The van der Waals surface area contributed by atoms with E-state index in [9.17, 15) is 143 Å². The SMILES string of the molecule is Cc1c2c3c(SCCO[C@@H]4O[C@H](CO)[C@@H](O[C@@H]5O[C@H](CO)[C@@H](O)[C@H](O)[C@H]5O)[C@H](O)[C@H]4O)c4c1Cc1c(C)c5c(c(SCCO[C@@H]6O[C@H](CO)[C@@H](O[C@@H]7O[C@H](CO)[C@@H](O)[C@H](O)[C@H]7O)[C@H](O)[C@H]6O)c1OCO4)OCOc1c(c(C)c4c(c1SCCO[C@@H]1O[C@H](CO)[C@@H](O[C@@H]6O[C@H](CO)[C@@H](O)[C@H](O)[C@H]6O)[C@H](O)[C@H]1O)OCOc1c(c(C)c(c(c1SCCO[C@@H]1O[C@H](CO)[C@@H](O[C@@H]6O[C@H](CO)[C@@H](O)[C@H](O)[C@H]6O)[C@H](O)[C@H]1O)OCO3)C2)C4)C5. The molecule has 832 valence electrons. The molecule has 12 aliphatic heterocycles. The molecule has 56 heteroatoms. The quantitative estimate of drug-likeness (QED) is 0.0131. The zero-order chi connectivity index (χ0) is 106. The van der Waals surface area contributed by atoms with Gasteiger partial charge in [0.05, 0.1) is 98.9 Å². The van der Waals surface area contributed by atoms with Crippen LogP contribution in [0.2, 0.25) is 0 Å². The fraction of sp³-hybridized carbons (Fsp3) is 0.739. The maximum absolute atomic E-state index is 11.7. The average molecular weight is 2190 g/mol. The molecular weight excluding hydrogens is 2070 g/mol. The minimum Gasteiger partial charge on any atom is -0.456 e. The zero-order valence-electron chi connectivity index (χ0n) is 80.0. The van der Waals surface area contributed by atoms with E-state index in [4.69, 9.17) is 114 Å². The molecule has 1 aliphatic carbocycles. The van der Waals surface area contributed by atoms with Crippen molar-refractivity contribution < 1.29 is 257 Å². The summed E-state index contributed by atoms with van der Waals surface area (Å²) in [7, 11) is 0. The maximum Gasteiger partial charge on any atom is 0.231 e. The molecule has 4 aromatic rings. The molecule has 40 atom stereocenters. The third kappa shape index (κ3) is 22.4. The van der Waals surface area contributed by atoms with E-state index in [-0.39, 0.29) is 121 Å². The summed E-state index contributed by atoms with van der Waals surface area (Å²) in [6.45, 7) is -2.51. The highest BCUT2D eigenvalue weighted by Crippen LogP contribution is 2.59. The molecule has 0 aromatic heterocycles. The van der Waals surface area contributed by atoms with Crippen molar-refractivity contribution in [3.63, 3.8) is 0 Å². The van der Waals surface area contributed by atoms with Gasteiger partial charge in [-0.25, -0.2) is 0 Å². The molecule has 52 nitrogen and oxygen atoms in total. The number of hydrogen-bond donors (Lipinski definition) is 28. The molecule has 0 unspecified atom stereocenters. The van der Waals surface area contributed by atoms with Crippen LogP contribution < -0.4 is 37.9 Å². The Kier molecular flexibility index (Phi) is 38.0. The molecule has 4 aromatic carbocycles. The van der Waals surface area contributed by atoms with Crippen LogP contribution in [0, 0.1) is 27.7 Å². The summed E-state index contributed by atoms with van der Waals surface area (Å²) in [6, 6.07) is 0. The van der Waals surface area contributed by atoms with E-state index >= 15 is 0 Å². The van der Waals surface area contributed by atoms with Crippen LogP contribution in [0.4, 0.5) is 0 Å². The minimum atomic E-state index is -1.94. The van der Waals surface area contributed by atoms with Gasteiger partial charge >= 0.3 is 0 Å². The summed E-state index contributed by atoms with van der Waals surface area (Å²) in [4.78, 5) is 1.49. The molecule has 0 amide bonds. The Morgan fingerprint density at radius 2 is 0.358 bits per heavy atom. The smallest absolute Gasteiger partial charge is 0.231 e. The van der Waals surface area contributed by atoms with Gasteiger partial charge in [-0.3, -0.25) is 0 Å². The van der Waals surface area contributed by atoms with E-state index < -0.39 is 326 Å². The van der Waals surface area contributed by atoms with E-state index in [1.807, 2.05) is 27.7 Å². The normalized spacial score (nSPS) is 38.5. The Hall–Kier alpha value is -5.08. The second kappa shape index (κ2) is 49.4. The van der Waals surface area contributed by atoms with Crippen molar-refractivity contribution in [3.8, 4) is 46.0 Å². The third-order valence-corrected chi connectivity index (χ3v) is 32.9. The fourth-order valence-electron chi connectivity index (χ4n) is 20.3. The number of aliphatic hydroxyl groups excluding tert-OH is 28. The summed E-state index contributed by atoms with van der Waals surface area (Å²) < 4.78 is 150. The van der Waals surface area contributed by atoms with Crippen LogP contribution in [0.15, 0.2) is 19.6 Å². The Morgan fingerprint density at radius 3 is 0.520 bits per heavy atom. The lowest BCUT2D eigenvalue weighted by Crippen LogP contribution is -2.64. The first kappa shape index (κ1) is 114. The zero-order valence-corrected chi connectivity index (χ0v) is 83.3. The first-order valence-electron chi connectivity index (χ1n) is 48.1. The van der Waals surface area contributed by atoms with Gasteiger partial charge in [0.2, 0.25) is 27.2 Å². The lowest BCUT2D eigenvalue weighted by atomic mass is 9.83. The first-order valence-corrected chi connectivity index (χ1v) is 52.1. The third-order valence-electron chi connectivity index (χ3n) is 28.8. The van der Waals surface area contributed by atoms with Crippen LogP contribution in [0.5, 0.6) is 46.0 Å². The summed E-state index contributed by atoms with van der Waals surface area (Å²) in [5.74, 6) is 1.93. The predicted molar refractivity (Wildman–Crippen MR) is 493 cm³/mol.